The van der Waals surface area contributed by atoms with Gasteiger partial charge in [-0.2, -0.15) is 0 Å². The minimum atomic E-state index is -1.08. The Morgan fingerprint density at radius 2 is 1.96 bits per heavy atom. The summed E-state index contributed by atoms with van der Waals surface area (Å²) in [5.74, 6) is -0.930. The lowest BCUT2D eigenvalue weighted by molar-refractivity contribution is -0.134. The maximum atomic E-state index is 13.0. The van der Waals surface area contributed by atoms with E-state index >= 15 is 0 Å². The number of imide groups is 1. The fraction of sp³-hybridized carbons (Fsp3) is 0.211. The molecule has 1 saturated heterocycles. The van der Waals surface area contributed by atoms with Crippen LogP contribution in [0.4, 0.5) is 10.5 Å². The summed E-state index contributed by atoms with van der Waals surface area (Å²) in [4.78, 5) is 38.8. The fourth-order valence-electron chi connectivity index (χ4n) is 3.66. The van der Waals surface area contributed by atoms with Crippen LogP contribution in [0.15, 0.2) is 42.5 Å². The molecule has 2 N–H and O–H groups in total. The third-order valence-electron chi connectivity index (χ3n) is 4.93. The molecule has 1 unspecified atom stereocenters. The number of urea groups is 1. The second-order valence-corrected chi connectivity index (χ2v) is 7.40. The minimum absolute atomic E-state index is 0.272. The monoisotopic (exact) mass is 403 g/mol. The van der Waals surface area contributed by atoms with Crippen LogP contribution in [-0.2, 0) is 21.5 Å². The molecule has 2 aromatic rings. The van der Waals surface area contributed by atoms with Crippen LogP contribution >= 0.6 is 23.2 Å². The van der Waals surface area contributed by atoms with Gasteiger partial charge in [-0.15, -0.1) is 0 Å². The number of carbonyl (C=O) groups is 3. The molecule has 1 aliphatic heterocycles. The number of benzene rings is 2. The van der Waals surface area contributed by atoms with Gasteiger partial charge in [-0.1, -0.05) is 47.5 Å². The first kappa shape index (κ1) is 17.8. The van der Waals surface area contributed by atoms with E-state index in [1.54, 1.807) is 12.1 Å². The Balaban J connectivity index is 1.53. The van der Waals surface area contributed by atoms with Crippen molar-refractivity contribution < 1.29 is 14.4 Å². The van der Waals surface area contributed by atoms with Gasteiger partial charge >= 0.3 is 6.03 Å². The number of nitrogens with one attached hydrogen (secondary N) is 2. The van der Waals surface area contributed by atoms with Crippen LogP contribution in [0.25, 0.3) is 0 Å². The average molecular weight is 404 g/mol. The lowest BCUT2D eigenvalue weighted by atomic mass is 9.92. The van der Waals surface area contributed by atoms with E-state index in [1.807, 2.05) is 24.3 Å². The predicted molar refractivity (Wildman–Crippen MR) is 102 cm³/mol. The van der Waals surface area contributed by atoms with Gasteiger partial charge in [0.05, 0.1) is 10.7 Å². The Labute approximate surface area is 165 Å². The number of nitrogens with zero attached hydrogens (tertiary/aromatic N) is 1. The third kappa shape index (κ3) is 2.95. The van der Waals surface area contributed by atoms with Gasteiger partial charge in [-0.25, -0.2) is 4.79 Å². The predicted octanol–water partition coefficient (Wildman–Crippen LogP) is 3.33. The average Bonchev–Trinajstić information content (AvgIpc) is 3.11. The lowest BCUT2D eigenvalue weighted by Crippen LogP contribution is -2.43. The van der Waals surface area contributed by atoms with Crippen LogP contribution in [0, 0.1) is 0 Å². The Bertz CT molecular complexity index is 978. The van der Waals surface area contributed by atoms with Crippen LogP contribution in [0.1, 0.15) is 17.5 Å². The Morgan fingerprint density at radius 1 is 1.19 bits per heavy atom. The maximum absolute atomic E-state index is 13.0. The zero-order valence-electron chi connectivity index (χ0n) is 14.1. The van der Waals surface area contributed by atoms with Crippen LogP contribution < -0.4 is 10.6 Å². The van der Waals surface area contributed by atoms with E-state index in [-0.39, 0.29) is 5.02 Å². The van der Waals surface area contributed by atoms with Crippen molar-refractivity contribution in [1.82, 2.24) is 10.2 Å². The van der Waals surface area contributed by atoms with Gasteiger partial charge < -0.3 is 10.6 Å². The van der Waals surface area contributed by atoms with E-state index in [0.717, 1.165) is 16.0 Å². The molecule has 1 aliphatic carbocycles. The number of halogens is 2. The molecular formula is C19H15Cl2N3O3. The standard InChI is InChI=1S/C19H15Cl2N3O3/c20-12-5-6-15(14(21)9-12)22-16(25)10-24-17(26)19(23-18(24)27)8-7-11-3-1-2-4-13(11)19/h1-6,9H,7-8,10H2,(H,22,25)(H,23,27). The second kappa shape index (κ2) is 6.55. The number of fused-ring (bicyclic) bond motifs is 2. The highest BCUT2D eigenvalue weighted by atomic mass is 35.5. The van der Waals surface area contributed by atoms with Gasteiger partial charge in [-0.05, 0) is 42.2 Å². The van der Waals surface area contributed by atoms with Crippen LogP contribution in [0.2, 0.25) is 10.0 Å². The Kier molecular flexibility index (Phi) is 4.32. The number of amides is 4. The Morgan fingerprint density at radius 3 is 2.74 bits per heavy atom. The summed E-state index contributed by atoms with van der Waals surface area (Å²) >= 11 is 11.9. The molecule has 1 fully saturated rings. The third-order valence-corrected chi connectivity index (χ3v) is 5.48. The van der Waals surface area contributed by atoms with E-state index in [9.17, 15) is 14.4 Å². The van der Waals surface area contributed by atoms with Crippen molar-refractivity contribution in [3.05, 3.63) is 63.6 Å². The van der Waals surface area contributed by atoms with Gasteiger partial charge in [-0.3, -0.25) is 14.5 Å². The van der Waals surface area contributed by atoms with E-state index in [4.69, 9.17) is 23.2 Å². The van der Waals surface area contributed by atoms with Gasteiger partial charge in [0.1, 0.15) is 12.1 Å². The zero-order chi connectivity index (χ0) is 19.2. The van der Waals surface area contributed by atoms with Crippen LogP contribution in [-0.4, -0.2) is 29.3 Å². The van der Waals surface area contributed by atoms with E-state index in [1.165, 1.54) is 6.07 Å². The molecular weight excluding hydrogens is 389 g/mol. The number of carbonyl (C=O) groups excluding carboxylic acids is 3. The van der Waals surface area contributed by atoms with Gasteiger partial charge in [0.15, 0.2) is 0 Å². The van der Waals surface area contributed by atoms with E-state index in [0.29, 0.717) is 23.6 Å². The highest BCUT2D eigenvalue weighted by molar-refractivity contribution is 6.36. The molecule has 2 aromatic carbocycles. The summed E-state index contributed by atoms with van der Waals surface area (Å²) in [5.41, 5.74) is 1.11. The van der Waals surface area contributed by atoms with Gasteiger partial charge in [0.2, 0.25) is 5.91 Å². The largest absolute Gasteiger partial charge is 0.325 e. The molecule has 138 valence electrons. The van der Waals surface area contributed by atoms with Crippen molar-refractivity contribution in [1.29, 1.82) is 0 Å². The molecule has 1 atom stereocenters. The lowest BCUT2D eigenvalue weighted by Gasteiger charge is -2.22. The van der Waals surface area contributed by atoms with Crippen molar-refractivity contribution in [3.8, 4) is 0 Å². The zero-order valence-corrected chi connectivity index (χ0v) is 15.6. The topological polar surface area (TPSA) is 78.5 Å². The summed E-state index contributed by atoms with van der Waals surface area (Å²) in [6.07, 6.45) is 1.18. The molecule has 2 aliphatic rings. The Hall–Kier alpha value is -2.57. The summed E-state index contributed by atoms with van der Waals surface area (Å²) < 4.78 is 0. The number of anilines is 1. The van der Waals surface area contributed by atoms with Gasteiger partial charge in [0, 0.05) is 5.02 Å². The number of hydrogen-bond donors (Lipinski definition) is 2. The highest BCUT2D eigenvalue weighted by Crippen LogP contribution is 2.41. The summed E-state index contributed by atoms with van der Waals surface area (Å²) in [6, 6.07) is 11.6. The summed E-state index contributed by atoms with van der Waals surface area (Å²) in [6.45, 7) is -0.395. The van der Waals surface area contributed by atoms with E-state index < -0.39 is 29.9 Å². The SMILES string of the molecule is O=C(CN1C(=O)NC2(CCc3ccccc32)C1=O)Nc1ccc(Cl)cc1Cl. The second-order valence-electron chi connectivity index (χ2n) is 6.56. The first-order valence-corrected chi connectivity index (χ1v) is 9.14. The smallest absolute Gasteiger partial charge is 0.323 e. The van der Waals surface area contributed by atoms with Crippen molar-refractivity contribution >= 4 is 46.7 Å². The van der Waals surface area contributed by atoms with Crippen LogP contribution in [0.5, 0.6) is 0 Å². The number of aryl methyl sites for hydroxylation is 1. The van der Waals surface area contributed by atoms with Crippen molar-refractivity contribution in [2.75, 3.05) is 11.9 Å². The van der Waals surface area contributed by atoms with Crippen molar-refractivity contribution in [2.24, 2.45) is 0 Å². The first-order valence-electron chi connectivity index (χ1n) is 8.38. The van der Waals surface area contributed by atoms with Crippen molar-refractivity contribution in [3.63, 3.8) is 0 Å². The molecule has 8 heteroatoms. The molecule has 1 heterocycles. The number of hydrogen-bond acceptors (Lipinski definition) is 3. The molecule has 4 amide bonds. The fourth-order valence-corrected chi connectivity index (χ4v) is 4.11. The molecule has 1 spiro atoms. The van der Waals surface area contributed by atoms with Gasteiger partial charge in [0.25, 0.3) is 5.91 Å². The molecule has 6 nitrogen and oxygen atoms in total. The highest BCUT2D eigenvalue weighted by Gasteiger charge is 2.55. The molecule has 0 radical (unpaired) electrons. The maximum Gasteiger partial charge on any atom is 0.325 e. The van der Waals surface area contributed by atoms with E-state index in [2.05, 4.69) is 10.6 Å². The summed E-state index contributed by atoms with van der Waals surface area (Å²) in [7, 11) is 0. The quantitative estimate of drug-likeness (QED) is 0.771. The normalized spacial score (nSPS) is 20.7. The van der Waals surface area contributed by atoms with Crippen molar-refractivity contribution in [2.45, 2.75) is 18.4 Å². The molecule has 27 heavy (non-hydrogen) atoms. The minimum Gasteiger partial charge on any atom is -0.323 e. The molecule has 0 saturated carbocycles. The number of rotatable bonds is 3. The van der Waals surface area contributed by atoms with Crippen LogP contribution in [0.3, 0.4) is 0 Å². The summed E-state index contributed by atoms with van der Waals surface area (Å²) in [5, 5.41) is 6.10. The molecule has 0 bridgehead atoms. The molecule has 0 aromatic heterocycles. The molecule has 4 rings (SSSR count). The first-order chi connectivity index (χ1) is 12.9.